The molecule has 1 N–H and O–H groups in total. The molecular formula is C10H9IN2O2. The van der Waals surface area contributed by atoms with Gasteiger partial charge in [-0.2, -0.15) is 0 Å². The number of rotatable bonds is 3. The Balaban J connectivity index is 2.94. The summed E-state index contributed by atoms with van der Waals surface area (Å²) in [5.74, 6) is 5.51. The van der Waals surface area contributed by atoms with E-state index >= 15 is 0 Å². The second-order valence-electron chi connectivity index (χ2n) is 2.70. The molecule has 0 aromatic heterocycles. The Bertz CT molecular complexity index is 435. The number of nitrogens with one attached hydrogen (secondary N) is 1. The van der Waals surface area contributed by atoms with Gasteiger partial charge in [0.2, 0.25) is 0 Å². The van der Waals surface area contributed by atoms with Gasteiger partial charge in [-0.05, 0) is 41.6 Å². The smallest absolute Gasteiger partial charge is 0.293 e. The lowest BCUT2D eigenvalue weighted by Crippen LogP contribution is -2.02. The number of nitrogens with zero attached hydrogens (tertiary/aromatic N) is 1. The van der Waals surface area contributed by atoms with E-state index in [9.17, 15) is 10.1 Å². The molecule has 1 rings (SSSR count). The average Bonchev–Trinajstić information content (AvgIpc) is 2.20. The third-order valence-electron chi connectivity index (χ3n) is 1.70. The number of anilines is 1. The van der Waals surface area contributed by atoms with Crippen LogP contribution in [-0.4, -0.2) is 11.5 Å². The van der Waals surface area contributed by atoms with Gasteiger partial charge in [-0.15, -0.1) is 5.92 Å². The summed E-state index contributed by atoms with van der Waals surface area (Å²) in [7, 11) is 0. The molecular weight excluding hydrogens is 307 g/mol. The van der Waals surface area contributed by atoms with Gasteiger partial charge in [0.25, 0.3) is 5.69 Å². The van der Waals surface area contributed by atoms with E-state index in [1.54, 1.807) is 13.0 Å². The second kappa shape index (κ2) is 5.56. The number of hydrogen-bond acceptors (Lipinski definition) is 3. The van der Waals surface area contributed by atoms with Gasteiger partial charge in [0.1, 0.15) is 5.69 Å². The zero-order valence-corrected chi connectivity index (χ0v) is 10.2. The van der Waals surface area contributed by atoms with Crippen LogP contribution in [0.1, 0.15) is 6.92 Å². The van der Waals surface area contributed by atoms with Crippen LogP contribution in [0.5, 0.6) is 0 Å². The SMILES string of the molecule is CC#CCNc1ccc(I)cc1[N+](=O)[O-]. The van der Waals surface area contributed by atoms with Crippen LogP contribution < -0.4 is 5.32 Å². The molecule has 15 heavy (non-hydrogen) atoms. The van der Waals surface area contributed by atoms with Crippen molar-refractivity contribution in [2.24, 2.45) is 0 Å². The zero-order chi connectivity index (χ0) is 11.3. The molecule has 0 fully saturated rings. The second-order valence-corrected chi connectivity index (χ2v) is 3.94. The Kier molecular flexibility index (Phi) is 4.37. The molecule has 0 aliphatic heterocycles. The summed E-state index contributed by atoms with van der Waals surface area (Å²) in [4.78, 5) is 10.3. The van der Waals surface area contributed by atoms with E-state index in [0.29, 0.717) is 12.2 Å². The number of benzene rings is 1. The molecule has 1 aromatic rings. The van der Waals surface area contributed by atoms with Gasteiger partial charge in [-0.25, -0.2) is 0 Å². The maximum absolute atomic E-state index is 10.7. The third kappa shape index (κ3) is 3.40. The van der Waals surface area contributed by atoms with Crippen LogP contribution in [0.3, 0.4) is 0 Å². The Hall–Kier alpha value is -1.29. The fourth-order valence-electron chi connectivity index (χ4n) is 1.03. The highest BCUT2D eigenvalue weighted by molar-refractivity contribution is 14.1. The summed E-state index contributed by atoms with van der Waals surface area (Å²) in [6, 6.07) is 5.04. The first kappa shape index (κ1) is 11.8. The molecule has 78 valence electrons. The molecule has 0 aliphatic rings. The summed E-state index contributed by atoms with van der Waals surface area (Å²) in [6.07, 6.45) is 0. The first-order valence-corrected chi connectivity index (χ1v) is 5.30. The Labute approximate surface area is 101 Å². The largest absolute Gasteiger partial charge is 0.369 e. The van der Waals surface area contributed by atoms with E-state index in [0.717, 1.165) is 3.57 Å². The highest BCUT2D eigenvalue weighted by Gasteiger charge is 2.12. The minimum Gasteiger partial charge on any atom is -0.369 e. The van der Waals surface area contributed by atoms with Crippen molar-refractivity contribution in [1.29, 1.82) is 0 Å². The predicted molar refractivity (Wildman–Crippen MR) is 67.8 cm³/mol. The number of nitro benzene ring substituents is 1. The molecule has 0 spiro atoms. The van der Waals surface area contributed by atoms with Crippen LogP contribution in [-0.2, 0) is 0 Å². The predicted octanol–water partition coefficient (Wildman–Crippen LogP) is 2.63. The van der Waals surface area contributed by atoms with E-state index in [4.69, 9.17) is 0 Å². The van der Waals surface area contributed by atoms with Crippen LogP contribution in [0, 0.1) is 25.5 Å². The van der Waals surface area contributed by atoms with Crippen LogP contribution in [0.25, 0.3) is 0 Å². The van der Waals surface area contributed by atoms with Gasteiger partial charge in [0, 0.05) is 9.64 Å². The van der Waals surface area contributed by atoms with Gasteiger partial charge in [-0.1, -0.05) is 5.92 Å². The molecule has 0 atom stereocenters. The van der Waals surface area contributed by atoms with Crippen molar-refractivity contribution >= 4 is 34.0 Å². The van der Waals surface area contributed by atoms with Crippen molar-refractivity contribution in [3.63, 3.8) is 0 Å². The normalized spacial score (nSPS) is 8.93. The van der Waals surface area contributed by atoms with Crippen LogP contribution in [0.2, 0.25) is 0 Å². The van der Waals surface area contributed by atoms with Crippen molar-refractivity contribution in [1.82, 2.24) is 0 Å². The molecule has 4 nitrogen and oxygen atoms in total. The summed E-state index contributed by atoms with van der Waals surface area (Å²) in [5.41, 5.74) is 0.586. The van der Waals surface area contributed by atoms with Crippen LogP contribution >= 0.6 is 22.6 Å². The monoisotopic (exact) mass is 316 g/mol. The lowest BCUT2D eigenvalue weighted by molar-refractivity contribution is -0.384. The van der Waals surface area contributed by atoms with Gasteiger partial charge in [0.15, 0.2) is 0 Å². The molecule has 1 aromatic carbocycles. The third-order valence-corrected chi connectivity index (χ3v) is 2.37. The Morgan fingerprint density at radius 1 is 1.60 bits per heavy atom. The van der Waals surface area contributed by atoms with Crippen LogP contribution in [0.15, 0.2) is 18.2 Å². The molecule has 0 unspecified atom stereocenters. The highest BCUT2D eigenvalue weighted by Crippen LogP contribution is 2.25. The summed E-state index contributed by atoms with van der Waals surface area (Å²) < 4.78 is 0.839. The highest BCUT2D eigenvalue weighted by atomic mass is 127. The fourth-order valence-corrected chi connectivity index (χ4v) is 1.51. The molecule has 0 heterocycles. The number of hydrogen-bond donors (Lipinski definition) is 1. The Morgan fingerprint density at radius 2 is 2.33 bits per heavy atom. The summed E-state index contributed by atoms with van der Waals surface area (Å²) in [5, 5.41) is 13.6. The molecule has 0 amide bonds. The topological polar surface area (TPSA) is 55.2 Å². The van der Waals surface area contributed by atoms with Gasteiger partial charge >= 0.3 is 0 Å². The van der Waals surface area contributed by atoms with E-state index in [1.807, 2.05) is 28.7 Å². The fraction of sp³-hybridized carbons (Fsp3) is 0.200. The molecule has 0 radical (unpaired) electrons. The molecule has 0 aliphatic carbocycles. The van der Waals surface area contributed by atoms with Crippen molar-refractivity contribution in [3.8, 4) is 11.8 Å². The molecule has 0 saturated heterocycles. The van der Waals surface area contributed by atoms with E-state index in [2.05, 4.69) is 17.2 Å². The van der Waals surface area contributed by atoms with Crippen LogP contribution in [0.4, 0.5) is 11.4 Å². The summed E-state index contributed by atoms with van der Waals surface area (Å²) in [6.45, 7) is 2.14. The minimum absolute atomic E-state index is 0.0832. The Morgan fingerprint density at radius 3 is 2.93 bits per heavy atom. The van der Waals surface area contributed by atoms with Crippen molar-refractivity contribution < 1.29 is 4.92 Å². The maximum atomic E-state index is 10.7. The first-order valence-electron chi connectivity index (χ1n) is 4.22. The maximum Gasteiger partial charge on any atom is 0.293 e. The quantitative estimate of drug-likeness (QED) is 0.404. The standard InChI is InChI=1S/C10H9IN2O2/c1-2-3-6-12-9-5-4-8(11)7-10(9)13(14)15/h4-5,7,12H,6H2,1H3. The average molecular weight is 316 g/mol. The lowest BCUT2D eigenvalue weighted by atomic mass is 10.2. The van der Waals surface area contributed by atoms with E-state index in [1.165, 1.54) is 6.07 Å². The zero-order valence-electron chi connectivity index (χ0n) is 8.08. The molecule has 0 bridgehead atoms. The van der Waals surface area contributed by atoms with Gasteiger partial charge < -0.3 is 5.32 Å². The van der Waals surface area contributed by atoms with E-state index in [-0.39, 0.29) is 5.69 Å². The summed E-state index contributed by atoms with van der Waals surface area (Å²) >= 11 is 2.04. The lowest BCUT2D eigenvalue weighted by Gasteiger charge is -2.03. The van der Waals surface area contributed by atoms with E-state index < -0.39 is 4.92 Å². The number of nitro groups is 1. The molecule has 5 heteroatoms. The minimum atomic E-state index is -0.399. The van der Waals surface area contributed by atoms with Gasteiger partial charge in [0.05, 0.1) is 11.5 Å². The van der Waals surface area contributed by atoms with Crippen molar-refractivity contribution in [2.75, 3.05) is 11.9 Å². The van der Waals surface area contributed by atoms with Crippen molar-refractivity contribution in [2.45, 2.75) is 6.92 Å². The first-order chi connectivity index (χ1) is 7.15. The van der Waals surface area contributed by atoms with Gasteiger partial charge in [-0.3, -0.25) is 10.1 Å². The van der Waals surface area contributed by atoms with Crippen molar-refractivity contribution in [3.05, 3.63) is 31.9 Å². The molecule has 0 saturated carbocycles. The number of halogens is 1.